The normalized spacial score (nSPS) is 10.9. The zero-order chi connectivity index (χ0) is 16.5. The summed E-state index contributed by atoms with van der Waals surface area (Å²) in [4.78, 5) is 14.6. The van der Waals surface area contributed by atoms with E-state index in [9.17, 15) is 0 Å². The van der Waals surface area contributed by atoms with Gasteiger partial charge in [-0.3, -0.25) is 0 Å². The van der Waals surface area contributed by atoms with Crippen molar-refractivity contribution in [2.75, 3.05) is 19.0 Å². The molecule has 0 bridgehead atoms. The number of pyridine rings is 2. The lowest BCUT2D eigenvalue weighted by Crippen LogP contribution is -2.10. The van der Waals surface area contributed by atoms with E-state index in [0.717, 1.165) is 39.2 Å². The third-order valence-corrected chi connectivity index (χ3v) is 4.11. The molecule has 4 aromatic rings. The van der Waals surface area contributed by atoms with Gasteiger partial charge in [-0.25, -0.2) is 9.97 Å². The van der Waals surface area contributed by atoms with Crippen molar-refractivity contribution in [1.29, 1.82) is 0 Å². The molecule has 0 saturated heterocycles. The van der Waals surface area contributed by atoms with Crippen LogP contribution in [0.5, 0.6) is 0 Å². The number of hydrogen-bond acceptors (Lipinski definition) is 3. The van der Waals surface area contributed by atoms with Gasteiger partial charge in [0.1, 0.15) is 11.5 Å². The molecular weight excluding hydrogens is 296 g/mol. The molecule has 4 nitrogen and oxygen atoms in total. The van der Waals surface area contributed by atoms with Gasteiger partial charge in [0, 0.05) is 43.0 Å². The van der Waals surface area contributed by atoms with E-state index in [-0.39, 0.29) is 0 Å². The Labute approximate surface area is 140 Å². The Morgan fingerprint density at radius 2 is 1.75 bits per heavy atom. The predicted molar refractivity (Wildman–Crippen MR) is 99.1 cm³/mol. The highest BCUT2D eigenvalue weighted by Gasteiger charge is 2.11. The van der Waals surface area contributed by atoms with Crippen molar-refractivity contribution in [2.45, 2.75) is 0 Å². The van der Waals surface area contributed by atoms with Crippen molar-refractivity contribution in [3.05, 3.63) is 67.0 Å². The second kappa shape index (κ2) is 5.81. The van der Waals surface area contributed by atoms with E-state index in [2.05, 4.69) is 28.2 Å². The number of rotatable bonds is 3. The molecule has 3 aromatic heterocycles. The number of fused-ring (bicyclic) bond motifs is 1. The molecule has 118 valence electrons. The van der Waals surface area contributed by atoms with Crippen LogP contribution >= 0.6 is 0 Å². The molecule has 0 aliphatic carbocycles. The lowest BCUT2D eigenvalue weighted by molar-refractivity contribution is 1.07. The maximum atomic E-state index is 4.75. The monoisotopic (exact) mass is 314 g/mol. The molecule has 0 unspecified atom stereocenters. The molecule has 3 heterocycles. The van der Waals surface area contributed by atoms with Crippen LogP contribution in [0.2, 0.25) is 0 Å². The van der Waals surface area contributed by atoms with Crippen molar-refractivity contribution >= 4 is 16.9 Å². The van der Waals surface area contributed by atoms with Gasteiger partial charge >= 0.3 is 0 Å². The largest absolute Gasteiger partial charge is 0.363 e. The van der Waals surface area contributed by atoms with E-state index < -0.39 is 0 Å². The third-order valence-electron chi connectivity index (χ3n) is 4.11. The van der Waals surface area contributed by atoms with E-state index in [1.807, 2.05) is 67.8 Å². The van der Waals surface area contributed by atoms with Gasteiger partial charge in [-0.15, -0.1) is 0 Å². The summed E-state index contributed by atoms with van der Waals surface area (Å²) in [6, 6.07) is 18.5. The molecule has 0 aliphatic rings. The van der Waals surface area contributed by atoms with Crippen LogP contribution in [0.4, 0.5) is 5.82 Å². The fraction of sp³-hybridized carbons (Fsp3) is 0.100. The zero-order valence-electron chi connectivity index (χ0n) is 13.7. The third kappa shape index (κ3) is 2.52. The number of benzene rings is 1. The summed E-state index contributed by atoms with van der Waals surface area (Å²) in [5, 5.41) is 1.08. The van der Waals surface area contributed by atoms with Crippen LogP contribution in [0.1, 0.15) is 0 Å². The fourth-order valence-electron chi connectivity index (χ4n) is 2.83. The van der Waals surface area contributed by atoms with Crippen LogP contribution in [0.25, 0.3) is 33.4 Å². The van der Waals surface area contributed by atoms with E-state index in [1.165, 1.54) is 0 Å². The van der Waals surface area contributed by atoms with Gasteiger partial charge in [0.15, 0.2) is 0 Å². The molecule has 0 amide bonds. The Morgan fingerprint density at radius 1 is 0.917 bits per heavy atom. The lowest BCUT2D eigenvalue weighted by Gasteiger charge is -2.12. The molecule has 0 aliphatic heterocycles. The summed E-state index contributed by atoms with van der Waals surface area (Å²) in [6.45, 7) is 0. The van der Waals surface area contributed by atoms with Crippen molar-refractivity contribution in [3.8, 4) is 22.4 Å². The van der Waals surface area contributed by atoms with Crippen molar-refractivity contribution in [3.63, 3.8) is 0 Å². The summed E-state index contributed by atoms with van der Waals surface area (Å²) in [6.07, 6.45) is 3.88. The van der Waals surface area contributed by atoms with Crippen molar-refractivity contribution in [1.82, 2.24) is 15.0 Å². The Kier molecular flexibility index (Phi) is 3.50. The average Bonchev–Trinajstić information content (AvgIpc) is 3.05. The Balaban J connectivity index is 1.86. The molecule has 0 atom stereocenters. The maximum absolute atomic E-state index is 4.75. The standard InChI is InChI=1S/C20H18N4/c1-24(2)19-10-6-9-18(23-19)17-13-22-20-16(17)11-15(12-21-20)14-7-4-3-5-8-14/h3-13H,1-2H3,(H,21,22). The molecule has 0 saturated carbocycles. The van der Waals surface area contributed by atoms with E-state index >= 15 is 0 Å². The van der Waals surface area contributed by atoms with Crippen LogP contribution in [-0.2, 0) is 0 Å². The van der Waals surface area contributed by atoms with Gasteiger partial charge in [-0.1, -0.05) is 36.4 Å². The molecule has 24 heavy (non-hydrogen) atoms. The van der Waals surface area contributed by atoms with Crippen molar-refractivity contribution in [2.24, 2.45) is 0 Å². The molecular formula is C20H18N4. The van der Waals surface area contributed by atoms with Crippen molar-refractivity contribution < 1.29 is 0 Å². The highest BCUT2D eigenvalue weighted by molar-refractivity contribution is 5.95. The van der Waals surface area contributed by atoms with Gasteiger partial charge in [0.25, 0.3) is 0 Å². The number of nitrogens with zero attached hydrogens (tertiary/aromatic N) is 3. The number of nitrogens with one attached hydrogen (secondary N) is 1. The van der Waals surface area contributed by atoms with Gasteiger partial charge < -0.3 is 9.88 Å². The zero-order valence-corrected chi connectivity index (χ0v) is 13.7. The summed E-state index contributed by atoms with van der Waals surface area (Å²) in [5.41, 5.74) is 5.15. The molecule has 4 rings (SSSR count). The van der Waals surface area contributed by atoms with Crippen LogP contribution in [0, 0.1) is 0 Å². The first kappa shape index (κ1) is 14.5. The minimum atomic E-state index is 0.877. The Morgan fingerprint density at radius 3 is 2.54 bits per heavy atom. The number of aromatic nitrogens is 3. The smallest absolute Gasteiger partial charge is 0.137 e. The van der Waals surface area contributed by atoms with Gasteiger partial charge in [0.2, 0.25) is 0 Å². The van der Waals surface area contributed by atoms with Gasteiger partial charge in [-0.2, -0.15) is 0 Å². The quantitative estimate of drug-likeness (QED) is 0.611. The number of H-pyrrole nitrogens is 1. The number of anilines is 1. The van der Waals surface area contributed by atoms with Crippen LogP contribution in [0.3, 0.4) is 0 Å². The molecule has 0 radical (unpaired) electrons. The molecule has 0 fully saturated rings. The highest BCUT2D eigenvalue weighted by Crippen LogP contribution is 2.30. The molecule has 4 heteroatoms. The average molecular weight is 314 g/mol. The number of hydrogen-bond donors (Lipinski definition) is 1. The van der Waals surface area contributed by atoms with Gasteiger partial charge in [-0.05, 0) is 23.8 Å². The van der Waals surface area contributed by atoms with Crippen LogP contribution in [0.15, 0.2) is 67.0 Å². The Hall–Kier alpha value is -3.14. The lowest BCUT2D eigenvalue weighted by atomic mass is 10.0. The predicted octanol–water partition coefficient (Wildman–Crippen LogP) is 4.36. The molecule has 1 N–H and O–H groups in total. The van der Waals surface area contributed by atoms with E-state index in [1.54, 1.807) is 0 Å². The minimum Gasteiger partial charge on any atom is -0.363 e. The first-order valence-electron chi connectivity index (χ1n) is 7.90. The van der Waals surface area contributed by atoms with Gasteiger partial charge in [0.05, 0.1) is 5.69 Å². The molecule has 1 aromatic carbocycles. The van der Waals surface area contributed by atoms with E-state index in [0.29, 0.717) is 0 Å². The SMILES string of the molecule is CN(C)c1cccc(-c2c[nH]c3ncc(-c4ccccc4)cc23)n1. The summed E-state index contributed by atoms with van der Waals surface area (Å²) in [7, 11) is 3.99. The minimum absolute atomic E-state index is 0.877. The first-order valence-corrected chi connectivity index (χ1v) is 7.90. The maximum Gasteiger partial charge on any atom is 0.137 e. The summed E-state index contributed by atoms with van der Waals surface area (Å²) in [5.74, 6) is 0.939. The highest BCUT2D eigenvalue weighted by atomic mass is 15.1. The second-order valence-electron chi connectivity index (χ2n) is 5.96. The fourth-order valence-corrected chi connectivity index (χ4v) is 2.83. The topological polar surface area (TPSA) is 44.8 Å². The summed E-state index contributed by atoms with van der Waals surface area (Å²) >= 11 is 0. The Bertz CT molecular complexity index is 987. The number of aromatic amines is 1. The second-order valence-corrected chi connectivity index (χ2v) is 5.96. The first-order chi connectivity index (χ1) is 11.7. The summed E-state index contributed by atoms with van der Waals surface area (Å²) < 4.78 is 0. The van der Waals surface area contributed by atoms with Crippen LogP contribution in [-0.4, -0.2) is 29.0 Å². The van der Waals surface area contributed by atoms with Crippen LogP contribution < -0.4 is 4.90 Å². The van der Waals surface area contributed by atoms with E-state index in [4.69, 9.17) is 4.98 Å². The molecule has 0 spiro atoms.